The van der Waals surface area contributed by atoms with Crippen molar-refractivity contribution in [3.05, 3.63) is 54.1 Å². The summed E-state index contributed by atoms with van der Waals surface area (Å²) >= 11 is 0. The third-order valence-corrected chi connectivity index (χ3v) is 5.37. The number of rotatable bonds is 14. The SMILES string of the molecule is CCCCCCCOc1cccc(-c2ccc(CNCCC[P+](=O)O)cc2)c1. The van der Waals surface area contributed by atoms with Crippen LogP contribution in [0, 0.1) is 0 Å². The third-order valence-electron chi connectivity index (χ3n) is 4.67. The molecule has 0 aliphatic heterocycles. The zero-order chi connectivity index (χ0) is 20.0. The van der Waals surface area contributed by atoms with Gasteiger partial charge in [-0.05, 0) is 46.4 Å². The van der Waals surface area contributed by atoms with Gasteiger partial charge < -0.3 is 10.1 Å². The molecule has 0 saturated carbocycles. The van der Waals surface area contributed by atoms with Gasteiger partial charge in [-0.3, -0.25) is 0 Å². The van der Waals surface area contributed by atoms with E-state index >= 15 is 0 Å². The van der Waals surface area contributed by atoms with Crippen molar-refractivity contribution < 1.29 is 14.2 Å². The lowest BCUT2D eigenvalue weighted by molar-refractivity contribution is 0.304. The number of unbranched alkanes of at least 4 members (excludes halogenated alkanes) is 4. The van der Waals surface area contributed by atoms with Gasteiger partial charge in [0.25, 0.3) is 0 Å². The van der Waals surface area contributed by atoms with E-state index in [1.807, 2.05) is 12.1 Å². The molecule has 2 N–H and O–H groups in total. The van der Waals surface area contributed by atoms with E-state index in [2.05, 4.69) is 48.6 Å². The molecule has 152 valence electrons. The second kappa shape index (κ2) is 13.4. The van der Waals surface area contributed by atoms with Gasteiger partial charge in [0.15, 0.2) is 6.16 Å². The molecule has 0 aliphatic carbocycles. The summed E-state index contributed by atoms with van der Waals surface area (Å²) in [6.45, 7) is 4.53. The number of benzene rings is 2. The number of hydrogen-bond donors (Lipinski definition) is 2. The quantitative estimate of drug-likeness (QED) is 0.304. The van der Waals surface area contributed by atoms with Crippen molar-refractivity contribution in [1.29, 1.82) is 0 Å². The summed E-state index contributed by atoms with van der Waals surface area (Å²) in [5, 5.41) is 3.31. The highest BCUT2D eigenvalue weighted by Crippen LogP contribution is 2.24. The minimum absolute atomic E-state index is 0.360. The maximum atomic E-state index is 10.7. The lowest BCUT2D eigenvalue weighted by atomic mass is 10.0. The molecule has 0 radical (unpaired) electrons. The summed E-state index contributed by atoms with van der Waals surface area (Å²) in [4.78, 5) is 8.79. The molecule has 0 aromatic heterocycles. The fourth-order valence-electron chi connectivity index (χ4n) is 3.05. The van der Waals surface area contributed by atoms with E-state index in [0.717, 1.165) is 43.9 Å². The minimum atomic E-state index is -2.01. The third kappa shape index (κ3) is 8.97. The van der Waals surface area contributed by atoms with Gasteiger partial charge >= 0.3 is 8.03 Å². The Morgan fingerprint density at radius 2 is 1.75 bits per heavy atom. The normalized spacial score (nSPS) is 11.4. The van der Waals surface area contributed by atoms with Gasteiger partial charge in [0.05, 0.1) is 6.61 Å². The van der Waals surface area contributed by atoms with Gasteiger partial charge in [0.1, 0.15) is 5.75 Å². The lowest BCUT2D eigenvalue weighted by Gasteiger charge is -2.09. The Morgan fingerprint density at radius 1 is 0.964 bits per heavy atom. The minimum Gasteiger partial charge on any atom is -0.494 e. The Morgan fingerprint density at radius 3 is 2.50 bits per heavy atom. The second-order valence-electron chi connectivity index (χ2n) is 7.09. The van der Waals surface area contributed by atoms with Crippen molar-refractivity contribution in [3.8, 4) is 16.9 Å². The first-order valence-corrected chi connectivity index (χ1v) is 11.7. The molecule has 0 aliphatic rings. The fourth-order valence-corrected chi connectivity index (χ4v) is 3.48. The predicted octanol–water partition coefficient (Wildman–Crippen LogP) is 5.92. The van der Waals surface area contributed by atoms with Crippen molar-refractivity contribution in [1.82, 2.24) is 5.32 Å². The van der Waals surface area contributed by atoms with Crippen LogP contribution >= 0.6 is 8.03 Å². The van der Waals surface area contributed by atoms with Crippen LogP contribution in [0.1, 0.15) is 51.0 Å². The summed E-state index contributed by atoms with van der Waals surface area (Å²) in [5.74, 6) is 0.931. The van der Waals surface area contributed by atoms with Crippen molar-refractivity contribution in [2.24, 2.45) is 0 Å². The largest absolute Gasteiger partial charge is 0.505 e. The molecular formula is C23H33NO3P+. The molecule has 0 spiro atoms. The zero-order valence-electron chi connectivity index (χ0n) is 16.9. The maximum Gasteiger partial charge on any atom is 0.505 e. The molecule has 0 saturated heterocycles. The van der Waals surface area contributed by atoms with E-state index in [0.29, 0.717) is 6.16 Å². The van der Waals surface area contributed by atoms with Crippen LogP contribution < -0.4 is 10.1 Å². The van der Waals surface area contributed by atoms with Crippen LogP contribution in [0.2, 0.25) is 0 Å². The van der Waals surface area contributed by atoms with E-state index in [-0.39, 0.29) is 0 Å². The molecule has 2 rings (SSSR count). The van der Waals surface area contributed by atoms with Crippen LogP contribution in [-0.4, -0.2) is 24.2 Å². The summed E-state index contributed by atoms with van der Waals surface area (Å²) in [6.07, 6.45) is 7.30. The van der Waals surface area contributed by atoms with Gasteiger partial charge in [0, 0.05) is 13.0 Å². The maximum absolute atomic E-state index is 10.7. The van der Waals surface area contributed by atoms with Crippen LogP contribution in [0.4, 0.5) is 0 Å². The molecule has 28 heavy (non-hydrogen) atoms. The van der Waals surface area contributed by atoms with Gasteiger partial charge in [0.2, 0.25) is 0 Å². The molecule has 2 aromatic rings. The van der Waals surface area contributed by atoms with E-state index in [4.69, 9.17) is 9.63 Å². The van der Waals surface area contributed by atoms with Gasteiger partial charge in [-0.2, -0.15) is 4.89 Å². The Labute approximate surface area is 170 Å². The lowest BCUT2D eigenvalue weighted by Crippen LogP contribution is -2.15. The molecule has 2 aromatic carbocycles. The second-order valence-corrected chi connectivity index (χ2v) is 8.25. The molecule has 0 bridgehead atoms. The number of ether oxygens (including phenoxy) is 1. The number of nitrogens with one attached hydrogen (secondary N) is 1. The molecule has 5 heteroatoms. The Kier molecular flexibility index (Phi) is 10.8. The highest BCUT2D eigenvalue weighted by Gasteiger charge is 2.07. The highest BCUT2D eigenvalue weighted by molar-refractivity contribution is 7.37. The Balaban J connectivity index is 1.78. The molecule has 0 fully saturated rings. The van der Waals surface area contributed by atoms with Gasteiger partial charge in [-0.25, -0.2) is 0 Å². The van der Waals surface area contributed by atoms with Crippen molar-refractivity contribution in [3.63, 3.8) is 0 Å². The average Bonchev–Trinajstić information content (AvgIpc) is 2.71. The topological polar surface area (TPSA) is 58.6 Å². The summed E-state index contributed by atoms with van der Waals surface area (Å²) < 4.78 is 16.6. The van der Waals surface area contributed by atoms with Crippen molar-refractivity contribution >= 4 is 8.03 Å². The summed E-state index contributed by atoms with van der Waals surface area (Å²) in [6, 6.07) is 16.8. The molecule has 1 unspecified atom stereocenters. The van der Waals surface area contributed by atoms with Gasteiger partial charge in [-0.1, -0.05) is 69.0 Å². The van der Waals surface area contributed by atoms with E-state index in [1.165, 1.54) is 36.8 Å². The van der Waals surface area contributed by atoms with Crippen LogP contribution in [0.5, 0.6) is 5.75 Å². The van der Waals surface area contributed by atoms with E-state index in [9.17, 15) is 4.57 Å². The zero-order valence-corrected chi connectivity index (χ0v) is 17.8. The van der Waals surface area contributed by atoms with E-state index in [1.54, 1.807) is 0 Å². The molecule has 4 nitrogen and oxygen atoms in total. The Hall–Kier alpha value is -1.74. The van der Waals surface area contributed by atoms with Gasteiger partial charge in [-0.15, -0.1) is 0 Å². The average molecular weight is 402 g/mol. The first kappa shape index (κ1) is 22.5. The summed E-state index contributed by atoms with van der Waals surface area (Å²) in [7, 11) is -2.01. The molecule has 0 heterocycles. The highest BCUT2D eigenvalue weighted by atomic mass is 31.1. The fraction of sp³-hybridized carbons (Fsp3) is 0.478. The van der Waals surface area contributed by atoms with Crippen LogP contribution in [0.25, 0.3) is 11.1 Å². The van der Waals surface area contributed by atoms with Crippen molar-refractivity contribution in [2.45, 2.75) is 52.0 Å². The summed E-state index contributed by atoms with van der Waals surface area (Å²) in [5.41, 5.74) is 3.54. The molecule has 0 amide bonds. The van der Waals surface area contributed by atoms with Crippen LogP contribution in [0.15, 0.2) is 48.5 Å². The Bertz CT molecular complexity index is 703. The van der Waals surface area contributed by atoms with Crippen LogP contribution in [-0.2, 0) is 11.1 Å². The number of hydrogen-bond acceptors (Lipinski definition) is 3. The first-order chi connectivity index (χ1) is 13.7. The standard InChI is InChI=1S/C23H32NO3P/c1-2-3-4-5-6-16-27-23-10-7-9-22(18-23)21-13-11-20(12-14-21)19-24-15-8-17-28(25)26/h7,9-14,18,24H,2-6,8,15-17,19H2,1H3/p+1. The van der Waals surface area contributed by atoms with E-state index < -0.39 is 8.03 Å². The smallest absolute Gasteiger partial charge is 0.494 e. The molecular weight excluding hydrogens is 369 g/mol. The first-order valence-electron chi connectivity index (χ1n) is 10.4. The van der Waals surface area contributed by atoms with Crippen molar-refractivity contribution in [2.75, 3.05) is 19.3 Å². The monoisotopic (exact) mass is 402 g/mol. The molecule has 1 atom stereocenters. The van der Waals surface area contributed by atoms with Crippen LogP contribution in [0.3, 0.4) is 0 Å². The predicted molar refractivity (Wildman–Crippen MR) is 117 cm³/mol.